The van der Waals surface area contributed by atoms with E-state index >= 15 is 0 Å². The highest BCUT2D eigenvalue weighted by Crippen LogP contribution is 2.22. The fourth-order valence-corrected chi connectivity index (χ4v) is 2.23. The normalized spacial score (nSPS) is 10.9. The van der Waals surface area contributed by atoms with Crippen molar-refractivity contribution in [3.8, 4) is 0 Å². The zero-order valence-corrected chi connectivity index (χ0v) is 12.4. The molecule has 0 aliphatic carbocycles. The van der Waals surface area contributed by atoms with Crippen LogP contribution in [0, 0.1) is 23.2 Å². The van der Waals surface area contributed by atoms with Gasteiger partial charge in [-0.2, -0.15) is 5.10 Å². The maximum Gasteiger partial charge on any atom is 0.142 e. The lowest BCUT2D eigenvalue weighted by molar-refractivity contribution is 0.616. The standard InChI is InChI=1S/C12H11ClFIN2/c1-7-12(15)8(2)17(16-7)6-9-4-3-5-10(14)11(9)13/h3-5H,6H2,1-2H3. The Morgan fingerprint density at radius 2 is 2.12 bits per heavy atom. The molecule has 90 valence electrons. The lowest BCUT2D eigenvalue weighted by Crippen LogP contribution is -2.05. The van der Waals surface area contributed by atoms with Crippen LogP contribution in [-0.4, -0.2) is 9.78 Å². The van der Waals surface area contributed by atoms with Crippen LogP contribution in [0.25, 0.3) is 0 Å². The third-order valence-corrected chi connectivity index (χ3v) is 4.63. The van der Waals surface area contributed by atoms with Gasteiger partial charge in [-0.1, -0.05) is 23.7 Å². The maximum atomic E-state index is 13.3. The van der Waals surface area contributed by atoms with Gasteiger partial charge in [0.15, 0.2) is 0 Å². The molecular formula is C12H11ClFIN2. The first kappa shape index (κ1) is 12.8. The highest BCUT2D eigenvalue weighted by Gasteiger charge is 2.11. The number of aryl methyl sites for hydroxylation is 1. The Morgan fingerprint density at radius 1 is 1.41 bits per heavy atom. The summed E-state index contributed by atoms with van der Waals surface area (Å²) in [5.41, 5.74) is 2.80. The molecule has 1 aromatic heterocycles. The Balaban J connectivity index is 2.38. The van der Waals surface area contributed by atoms with Gasteiger partial charge in [0.25, 0.3) is 0 Å². The largest absolute Gasteiger partial charge is 0.264 e. The van der Waals surface area contributed by atoms with Crippen molar-refractivity contribution in [3.05, 3.63) is 49.6 Å². The van der Waals surface area contributed by atoms with Crippen molar-refractivity contribution in [1.29, 1.82) is 0 Å². The number of nitrogens with zero attached hydrogens (tertiary/aromatic N) is 2. The Hall–Kier alpha value is -0.620. The van der Waals surface area contributed by atoms with Crippen molar-refractivity contribution in [1.82, 2.24) is 9.78 Å². The summed E-state index contributed by atoms with van der Waals surface area (Å²) in [5.74, 6) is -0.389. The van der Waals surface area contributed by atoms with Crippen LogP contribution in [0.4, 0.5) is 4.39 Å². The predicted molar refractivity (Wildman–Crippen MR) is 74.9 cm³/mol. The summed E-state index contributed by atoms with van der Waals surface area (Å²) in [5, 5.41) is 4.58. The van der Waals surface area contributed by atoms with Gasteiger partial charge in [-0.15, -0.1) is 0 Å². The molecule has 0 saturated carbocycles. The van der Waals surface area contributed by atoms with E-state index in [-0.39, 0.29) is 10.8 Å². The Morgan fingerprint density at radius 3 is 2.71 bits per heavy atom. The highest BCUT2D eigenvalue weighted by molar-refractivity contribution is 14.1. The summed E-state index contributed by atoms with van der Waals surface area (Å²) in [6, 6.07) is 4.83. The summed E-state index contributed by atoms with van der Waals surface area (Å²) in [7, 11) is 0. The molecule has 0 saturated heterocycles. The van der Waals surface area contributed by atoms with Gasteiger partial charge in [0.1, 0.15) is 5.82 Å². The van der Waals surface area contributed by atoms with Gasteiger partial charge in [-0.3, -0.25) is 4.68 Å². The van der Waals surface area contributed by atoms with Gasteiger partial charge >= 0.3 is 0 Å². The summed E-state index contributed by atoms with van der Waals surface area (Å²) in [6.07, 6.45) is 0. The number of halogens is 3. The molecule has 2 rings (SSSR count). The number of rotatable bonds is 2. The fourth-order valence-electron chi connectivity index (χ4n) is 1.66. The van der Waals surface area contributed by atoms with Crippen molar-refractivity contribution in [2.75, 3.05) is 0 Å². The van der Waals surface area contributed by atoms with Crippen LogP contribution in [0.2, 0.25) is 5.02 Å². The van der Waals surface area contributed by atoms with Gasteiger partial charge in [-0.25, -0.2) is 4.39 Å². The smallest absolute Gasteiger partial charge is 0.142 e. The van der Waals surface area contributed by atoms with Crippen molar-refractivity contribution in [2.24, 2.45) is 0 Å². The lowest BCUT2D eigenvalue weighted by Gasteiger charge is -2.07. The van der Waals surface area contributed by atoms with E-state index in [0.29, 0.717) is 6.54 Å². The minimum absolute atomic E-state index is 0.176. The van der Waals surface area contributed by atoms with Crippen LogP contribution in [0.1, 0.15) is 17.0 Å². The van der Waals surface area contributed by atoms with Crippen LogP contribution in [0.15, 0.2) is 18.2 Å². The van der Waals surface area contributed by atoms with Crippen molar-refractivity contribution < 1.29 is 4.39 Å². The Bertz CT molecular complexity index is 566. The molecule has 0 fully saturated rings. The van der Waals surface area contributed by atoms with E-state index in [9.17, 15) is 4.39 Å². The second kappa shape index (κ2) is 4.94. The number of benzene rings is 1. The molecule has 1 heterocycles. The third kappa shape index (κ3) is 2.47. The van der Waals surface area contributed by atoms with Crippen LogP contribution < -0.4 is 0 Å². The van der Waals surface area contributed by atoms with E-state index in [1.54, 1.807) is 6.07 Å². The van der Waals surface area contributed by atoms with Gasteiger partial charge in [-0.05, 0) is 48.1 Å². The zero-order chi connectivity index (χ0) is 12.6. The molecule has 2 aromatic rings. The molecular weight excluding hydrogens is 354 g/mol. The first-order chi connectivity index (χ1) is 8.00. The predicted octanol–water partition coefficient (Wildman–Crippen LogP) is 3.95. The molecule has 0 atom stereocenters. The van der Waals surface area contributed by atoms with Crippen molar-refractivity contribution >= 4 is 34.2 Å². The zero-order valence-electron chi connectivity index (χ0n) is 9.47. The molecule has 0 N–H and O–H groups in total. The lowest BCUT2D eigenvalue weighted by atomic mass is 10.2. The average molecular weight is 365 g/mol. The van der Waals surface area contributed by atoms with Gasteiger partial charge < -0.3 is 0 Å². The minimum Gasteiger partial charge on any atom is -0.264 e. The van der Waals surface area contributed by atoms with E-state index in [2.05, 4.69) is 27.7 Å². The van der Waals surface area contributed by atoms with Gasteiger partial charge in [0.05, 0.1) is 20.8 Å². The summed E-state index contributed by atoms with van der Waals surface area (Å²) in [4.78, 5) is 0. The molecule has 0 unspecified atom stereocenters. The van der Waals surface area contributed by atoms with Crippen LogP contribution in [0.5, 0.6) is 0 Å². The molecule has 17 heavy (non-hydrogen) atoms. The first-order valence-corrected chi connectivity index (χ1v) is 6.58. The molecule has 0 aliphatic rings. The van der Waals surface area contributed by atoms with E-state index in [4.69, 9.17) is 11.6 Å². The molecule has 0 spiro atoms. The second-order valence-electron chi connectivity index (χ2n) is 3.86. The summed E-state index contributed by atoms with van der Waals surface area (Å²) < 4.78 is 16.3. The summed E-state index contributed by atoms with van der Waals surface area (Å²) >= 11 is 8.18. The van der Waals surface area contributed by atoms with Gasteiger partial charge in [0.2, 0.25) is 0 Å². The van der Waals surface area contributed by atoms with E-state index in [1.807, 2.05) is 24.6 Å². The number of aromatic nitrogens is 2. The van der Waals surface area contributed by atoms with E-state index < -0.39 is 0 Å². The molecule has 0 bridgehead atoms. The minimum atomic E-state index is -0.389. The van der Waals surface area contributed by atoms with E-state index in [1.165, 1.54) is 6.07 Å². The topological polar surface area (TPSA) is 17.8 Å². The number of hydrogen-bond acceptors (Lipinski definition) is 1. The fraction of sp³-hybridized carbons (Fsp3) is 0.250. The molecule has 5 heteroatoms. The SMILES string of the molecule is Cc1nn(Cc2cccc(F)c2Cl)c(C)c1I. The highest BCUT2D eigenvalue weighted by atomic mass is 127. The maximum absolute atomic E-state index is 13.3. The van der Waals surface area contributed by atoms with Crippen molar-refractivity contribution in [2.45, 2.75) is 20.4 Å². The average Bonchev–Trinajstić information content (AvgIpc) is 2.53. The Kier molecular flexibility index (Phi) is 3.73. The monoisotopic (exact) mass is 364 g/mol. The molecule has 2 nitrogen and oxygen atoms in total. The third-order valence-electron chi connectivity index (χ3n) is 2.64. The molecule has 0 aliphatic heterocycles. The first-order valence-electron chi connectivity index (χ1n) is 5.13. The number of hydrogen-bond donors (Lipinski definition) is 0. The van der Waals surface area contributed by atoms with Gasteiger partial charge in [0, 0.05) is 5.69 Å². The van der Waals surface area contributed by atoms with Crippen LogP contribution in [-0.2, 0) is 6.54 Å². The molecule has 0 radical (unpaired) electrons. The quantitative estimate of drug-likeness (QED) is 0.738. The van der Waals surface area contributed by atoms with Crippen molar-refractivity contribution in [3.63, 3.8) is 0 Å². The molecule has 1 aromatic carbocycles. The van der Waals surface area contributed by atoms with E-state index in [0.717, 1.165) is 20.5 Å². The van der Waals surface area contributed by atoms with Crippen LogP contribution >= 0.6 is 34.2 Å². The summed E-state index contributed by atoms with van der Waals surface area (Å²) in [6.45, 7) is 4.44. The second-order valence-corrected chi connectivity index (χ2v) is 5.31. The van der Waals surface area contributed by atoms with Crippen LogP contribution in [0.3, 0.4) is 0 Å². The molecule has 0 amide bonds. The Labute approximate surface area is 118 Å².